The quantitative estimate of drug-likeness (QED) is 0.246. The number of hydrogen-bond donors (Lipinski definition) is 1. The van der Waals surface area contributed by atoms with E-state index in [1.165, 1.54) is 18.4 Å². The van der Waals surface area contributed by atoms with Crippen molar-refractivity contribution in [2.24, 2.45) is 5.92 Å². The van der Waals surface area contributed by atoms with Crippen molar-refractivity contribution in [3.63, 3.8) is 0 Å². The Hall–Kier alpha value is -3.01. The Balaban J connectivity index is 1.60. The number of fused-ring (bicyclic) bond motifs is 1. The lowest BCUT2D eigenvalue weighted by Gasteiger charge is -2.22. The van der Waals surface area contributed by atoms with Crippen molar-refractivity contribution in [3.05, 3.63) is 71.8 Å². The summed E-state index contributed by atoms with van der Waals surface area (Å²) in [7, 11) is 0. The van der Waals surface area contributed by atoms with Crippen LogP contribution >= 0.6 is 0 Å². The van der Waals surface area contributed by atoms with Crippen LogP contribution in [0, 0.1) is 5.92 Å². The van der Waals surface area contributed by atoms with Crippen LogP contribution in [0.4, 0.5) is 0 Å². The normalized spacial score (nSPS) is 12.9. The molecular weight excluding hydrogens is 424 g/mol. The van der Waals surface area contributed by atoms with E-state index in [2.05, 4.69) is 45.0 Å². The van der Waals surface area contributed by atoms with Gasteiger partial charge in [0.2, 0.25) is 0 Å². The van der Waals surface area contributed by atoms with Crippen LogP contribution < -0.4 is 9.47 Å². The topological polar surface area (TPSA) is 55.8 Å². The maximum Gasteiger partial charge on any atom is 0.335 e. The van der Waals surface area contributed by atoms with Gasteiger partial charge in [0.15, 0.2) is 0 Å². The van der Waals surface area contributed by atoms with Crippen molar-refractivity contribution >= 4 is 16.7 Å². The average Bonchev–Trinajstić information content (AvgIpc) is 2.86. The number of carbonyl (C=O) groups is 1. The van der Waals surface area contributed by atoms with E-state index in [1.54, 1.807) is 12.1 Å². The molecule has 0 fully saturated rings. The van der Waals surface area contributed by atoms with Crippen molar-refractivity contribution in [2.45, 2.75) is 65.2 Å². The Labute approximate surface area is 203 Å². The standard InChI is InChI=1S/C30H38O4/c1-4-6-10-23(28-12-7-8-13-29(28)34-21-22(3)5-2)11-9-18-33-27-17-16-24-19-26(30(31)32)15-14-25(24)20-27/h7-8,12-17,19-20,22-23H,4-6,9-11,18,21H2,1-3H3,(H,31,32). The number of carboxylic acid groups (broad SMARTS) is 1. The molecule has 0 aliphatic carbocycles. The predicted molar refractivity (Wildman–Crippen MR) is 139 cm³/mol. The first-order chi connectivity index (χ1) is 16.5. The van der Waals surface area contributed by atoms with Crippen molar-refractivity contribution in [3.8, 4) is 11.5 Å². The van der Waals surface area contributed by atoms with Gasteiger partial charge >= 0.3 is 5.97 Å². The SMILES string of the molecule is CCCCC(CCCOc1ccc2cc(C(=O)O)ccc2c1)c1ccccc1OCC(C)CC. The summed E-state index contributed by atoms with van der Waals surface area (Å²) in [6, 6.07) is 19.5. The Morgan fingerprint density at radius 2 is 1.65 bits per heavy atom. The first kappa shape index (κ1) is 25.6. The lowest BCUT2D eigenvalue weighted by Crippen LogP contribution is -2.10. The maximum atomic E-state index is 11.2. The molecule has 0 saturated heterocycles. The smallest absolute Gasteiger partial charge is 0.335 e. The number of aromatic carboxylic acids is 1. The molecule has 3 aromatic carbocycles. The van der Waals surface area contributed by atoms with Crippen LogP contribution in [0.3, 0.4) is 0 Å². The molecule has 34 heavy (non-hydrogen) atoms. The number of ether oxygens (including phenoxy) is 2. The maximum absolute atomic E-state index is 11.2. The second-order valence-electron chi connectivity index (χ2n) is 9.22. The van der Waals surface area contributed by atoms with Gasteiger partial charge in [0, 0.05) is 0 Å². The summed E-state index contributed by atoms with van der Waals surface area (Å²) in [5.41, 5.74) is 1.62. The Morgan fingerprint density at radius 1 is 0.912 bits per heavy atom. The number of para-hydroxylation sites is 1. The van der Waals surface area contributed by atoms with E-state index in [4.69, 9.17) is 9.47 Å². The van der Waals surface area contributed by atoms with Crippen molar-refractivity contribution in [1.82, 2.24) is 0 Å². The summed E-state index contributed by atoms with van der Waals surface area (Å²) in [5, 5.41) is 11.1. The largest absolute Gasteiger partial charge is 0.494 e. The van der Waals surface area contributed by atoms with Gasteiger partial charge in [-0.15, -0.1) is 0 Å². The molecule has 4 nitrogen and oxygen atoms in total. The van der Waals surface area contributed by atoms with E-state index in [9.17, 15) is 9.90 Å². The molecule has 0 radical (unpaired) electrons. The minimum Gasteiger partial charge on any atom is -0.494 e. The van der Waals surface area contributed by atoms with Gasteiger partial charge in [0.25, 0.3) is 0 Å². The fourth-order valence-corrected chi connectivity index (χ4v) is 4.17. The molecule has 3 aromatic rings. The highest BCUT2D eigenvalue weighted by atomic mass is 16.5. The van der Waals surface area contributed by atoms with Gasteiger partial charge in [-0.2, -0.15) is 0 Å². The summed E-state index contributed by atoms with van der Waals surface area (Å²) in [5.74, 6) is 1.95. The number of hydrogen-bond acceptors (Lipinski definition) is 3. The van der Waals surface area contributed by atoms with E-state index in [1.807, 2.05) is 24.3 Å². The third kappa shape index (κ3) is 7.24. The van der Waals surface area contributed by atoms with E-state index < -0.39 is 5.97 Å². The van der Waals surface area contributed by atoms with Gasteiger partial charge in [-0.3, -0.25) is 0 Å². The second kappa shape index (κ2) is 13.0. The summed E-state index contributed by atoms with van der Waals surface area (Å²) >= 11 is 0. The molecule has 0 amide bonds. The molecule has 182 valence electrons. The second-order valence-corrected chi connectivity index (χ2v) is 9.22. The first-order valence-corrected chi connectivity index (χ1v) is 12.6. The Morgan fingerprint density at radius 3 is 2.41 bits per heavy atom. The molecule has 2 atom stereocenters. The summed E-state index contributed by atoms with van der Waals surface area (Å²) in [4.78, 5) is 11.2. The zero-order chi connectivity index (χ0) is 24.3. The average molecular weight is 463 g/mol. The fraction of sp³-hybridized carbons (Fsp3) is 0.433. The number of rotatable bonds is 14. The van der Waals surface area contributed by atoms with Crippen LogP contribution in [0.5, 0.6) is 11.5 Å². The minimum absolute atomic E-state index is 0.299. The van der Waals surface area contributed by atoms with Crippen LogP contribution in [0.1, 0.15) is 81.1 Å². The highest BCUT2D eigenvalue weighted by Crippen LogP contribution is 2.34. The zero-order valence-corrected chi connectivity index (χ0v) is 20.8. The molecule has 0 heterocycles. The molecule has 3 rings (SSSR count). The van der Waals surface area contributed by atoms with Crippen LogP contribution in [0.15, 0.2) is 60.7 Å². The summed E-state index contributed by atoms with van der Waals surface area (Å²) in [6.07, 6.45) is 6.68. The van der Waals surface area contributed by atoms with Gasteiger partial charge in [-0.25, -0.2) is 4.79 Å². The molecule has 0 spiro atoms. The van der Waals surface area contributed by atoms with Gasteiger partial charge in [0.1, 0.15) is 11.5 Å². The summed E-state index contributed by atoms with van der Waals surface area (Å²) in [6.45, 7) is 8.08. The van der Waals surface area contributed by atoms with E-state index in [-0.39, 0.29) is 0 Å². The number of carboxylic acids is 1. The predicted octanol–water partition coefficient (Wildman–Crippen LogP) is 8.10. The lowest BCUT2D eigenvalue weighted by atomic mass is 9.89. The third-order valence-corrected chi connectivity index (χ3v) is 6.51. The van der Waals surface area contributed by atoms with E-state index >= 15 is 0 Å². The monoisotopic (exact) mass is 462 g/mol. The first-order valence-electron chi connectivity index (χ1n) is 12.6. The molecule has 2 unspecified atom stereocenters. The molecule has 1 N–H and O–H groups in total. The van der Waals surface area contributed by atoms with Gasteiger partial charge < -0.3 is 14.6 Å². The van der Waals surface area contributed by atoms with Gasteiger partial charge in [0.05, 0.1) is 18.8 Å². The van der Waals surface area contributed by atoms with Crippen LogP contribution in [0.25, 0.3) is 10.8 Å². The van der Waals surface area contributed by atoms with Crippen LogP contribution in [-0.4, -0.2) is 24.3 Å². The van der Waals surface area contributed by atoms with Crippen molar-refractivity contribution in [1.29, 1.82) is 0 Å². The highest BCUT2D eigenvalue weighted by Gasteiger charge is 2.16. The van der Waals surface area contributed by atoms with Crippen molar-refractivity contribution in [2.75, 3.05) is 13.2 Å². The third-order valence-electron chi connectivity index (χ3n) is 6.51. The van der Waals surface area contributed by atoms with Crippen LogP contribution in [-0.2, 0) is 0 Å². The zero-order valence-electron chi connectivity index (χ0n) is 20.8. The molecule has 0 aromatic heterocycles. The molecular formula is C30H38O4. The molecule has 0 bridgehead atoms. The minimum atomic E-state index is -0.910. The highest BCUT2D eigenvalue weighted by molar-refractivity contribution is 5.94. The van der Waals surface area contributed by atoms with E-state index in [0.717, 1.165) is 54.6 Å². The van der Waals surface area contributed by atoms with Crippen LogP contribution in [0.2, 0.25) is 0 Å². The Bertz CT molecular complexity index is 1060. The summed E-state index contributed by atoms with van der Waals surface area (Å²) < 4.78 is 12.3. The van der Waals surface area contributed by atoms with Crippen molar-refractivity contribution < 1.29 is 19.4 Å². The fourth-order valence-electron chi connectivity index (χ4n) is 4.17. The Kier molecular flexibility index (Phi) is 9.81. The van der Waals surface area contributed by atoms with Gasteiger partial charge in [-0.1, -0.05) is 70.4 Å². The number of benzene rings is 3. The van der Waals surface area contributed by atoms with E-state index in [0.29, 0.717) is 24.0 Å². The number of unbranched alkanes of at least 4 members (excludes halogenated alkanes) is 1. The molecule has 0 aliphatic rings. The molecule has 0 saturated carbocycles. The lowest BCUT2D eigenvalue weighted by molar-refractivity contribution is 0.0697. The molecule has 4 heteroatoms. The van der Waals surface area contributed by atoms with Gasteiger partial charge in [-0.05, 0) is 77.8 Å². The molecule has 0 aliphatic heterocycles.